The van der Waals surface area contributed by atoms with Gasteiger partial charge in [-0.25, -0.2) is 4.79 Å². The van der Waals surface area contributed by atoms with Crippen LogP contribution in [0.5, 0.6) is 5.75 Å². The summed E-state index contributed by atoms with van der Waals surface area (Å²) in [5.74, 6) is 0.552. The SMILES string of the molecule is CCC1(CC)C(=O)NC(=O)NC1=[NH+]CCc1ccc(O)cc1. The molecule has 0 saturated carbocycles. The second-order valence-corrected chi connectivity index (χ2v) is 5.42. The zero-order chi connectivity index (χ0) is 16.2. The highest BCUT2D eigenvalue weighted by Crippen LogP contribution is 2.27. The molecule has 1 aromatic carbocycles. The van der Waals surface area contributed by atoms with Gasteiger partial charge < -0.3 is 5.11 Å². The topological polar surface area (TPSA) is 92.4 Å². The van der Waals surface area contributed by atoms with E-state index in [2.05, 4.69) is 15.6 Å². The first-order chi connectivity index (χ1) is 10.5. The number of nitrogens with one attached hydrogen (secondary N) is 3. The van der Waals surface area contributed by atoms with E-state index in [-0.39, 0.29) is 11.7 Å². The normalized spacial score (nSPS) is 18.9. The van der Waals surface area contributed by atoms with Gasteiger partial charge in [-0.3, -0.25) is 15.1 Å². The van der Waals surface area contributed by atoms with Crippen molar-refractivity contribution in [2.45, 2.75) is 33.1 Å². The number of carbonyl (C=O) groups excluding carboxylic acids is 2. The lowest BCUT2D eigenvalue weighted by atomic mass is 9.78. The summed E-state index contributed by atoms with van der Waals surface area (Å²) in [6, 6.07) is 6.48. The van der Waals surface area contributed by atoms with E-state index in [0.717, 1.165) is 12.0 Å². The Kier molecular flexibility index (Phi) is 4.80. The highest BCUT2D eigenvalue weighted by atomic mass is 16.3. The van der Waals surface area contributed by atoms with E-state index >= 15 is 0 Å². The molecule has 1 aliphatic heterocycles. The van der Waals surface area contributed by atoms with Gasteiger partial charge in [-0.1, -0.05) is 26.0 Å². The number of benzene rings is 1. The average molecular weight is 304 g/mol. The number of phenols is 1. The predicted octanol–water partition coefficient (Wildman–Crippen LogP) is 0.0596. The number of rotatable bonds is 5. The molecule has 0 unspecified atom stereocenters. The van der Waals surface area contributed by atoms with Crippen LogP contribution in [-0.4, -0.2) is 29.4 Å². The molecule has 0 aliphatic carbocycles. The highest BCUT2D eigenvalue weighted by molar-refractivity contribution is 6.19. The monoisotopic (exact) mass is 304 g/mol. The average Bonchev–Trinajstić information content (AvgIpc) is 2.50. The maximum absolute atomic E-state index is 12.2. The van der Waals surface area contributed by atoms with E-state index in [4.69, 9.17) is 0 Å². The smallest absolute Gasteiger partial charge is 0.413 e. The maximum atomic E-state index is 12.2. The van der Waals surface area contributed by atoms with Gasteiger partial charge in [0, 0.05) is 6.42 Å². The van der Waals surface area contributed by atoms with Gasteiger partial charge in [0.2, 0.25) is 5.91 Å². The molecule has 118 valence electrons. The highest BCUT2D eigenvalue weighted by Gasteiger charge is 2.50. The number of hydrogen-bond donors (Lipinski definition) is 4. The van der Waals surface area contributed by atoms with Crippen LogP contribution in [0.4, 0.5) is 4.79 Å². The second kappa shape index (κ2) is 6.60. The summed E-state index contributed by atoms with van der Waals surface area (Å²) in [7, 11) is 0. The maximum Gasteiger partial charge on any atom is 0.413 e. The molecule has 1 saturated heterocycles. The van der Waals surface area contributed by atoms with Crippen LogP contribution in [0.15, 0.2) is 24.3 Å². The Labute approximate surface area is 129 Å². The van der Waals surface area contributed by atoms with Crippen molar-refractivity contribution in [2.24, 2.45) is 5.41 Å². The van der Waals surface area contributed by atoms with E-state index in [1.165, 1.54) is 0 Å². The third-order valence-corrected chi connectivity index (χ3v) is 4.24. The third-order valence-electron chi connectivity index (χ3n) is 4.24. The van der Waals surface area contributed by atoms with Crippen LogP contribution in [-0.2, 0) is 11.2 Å². The van der Waals surface area contributed by atoms with Crippen molar-refractivity contribution in [1.29, 1.82) is 0 Å². The lowest BCUT2D eigenvalue weighted by Crippen LogP contribution is -2.84. The molecule has 1 aromatic rings. The fourth-order valence-corrected chi connectivity index (χ4v) is 2.73. The molecule has 1 heterocycles. The molecule has 0 radical (unpaired) electrons. The number of amidine groups is 1. The van der Waals surface area contributed by atoms with Crippen molar-refractivity contribution in [3.63, 3.8) is 0 Å². The standard InChI is InChI=1S/C16H21N3O3/c1-3-16(4-2)13(18-15(22)19-14(16)21)17-10-9-11-5-7-12(20)8-6-11/h5-8,20H,3-4,9-10H2,1-2H3,(H2,17,18,19,21,22)/p+1. The molecule has 1 fully saturated rings. The van der Waals surface area contributed by atoms with Gasteiger partial charge in [-0.15, -0.1) is 0 Å². The van der Waals surface area contributed by atoms with Crippen molar-refractivity contribution in [3.8, 4) is 5.75 Å². The Balaban J connectivity index is 2.14. The molecule has 22 heavy (non-hydrogen) atoms. The number of carbonyl (C=O) groups is 2. The third kappa shape index (κ3) is 3.10. The Morgan fingerprint density at radius 2 is 1.73 bits per heavy atom. The summed E-state index contributed by atoms with van der Waals surface area (Å²) in [6.45, 7) is 4.46. The molecule has 2 rings (SSSR count). The largest absolute Gasteiger partial charge is 0.508 e. The van der Waals surface area contributed by atoms with Gasteiger partial charge in [0.1, 0.15) is 11.2 Å². The van der Waals surface area contributed by atoms with Crippen LogP contribution in [0.1, 0.15) is 32.3 Å². The summed E-state index contributed by atoms with van der Waals surface area (Å²) < 4.78 is 0. The molecule has 0 spiro atoms. The zero-order valence-corrected chi connectivity index (χ0v) is 12.9. The van der Waals surface area contributed by atoms with E-state index in [1.54, 1.807) is 12.1 Å². The molecular weight excluding hydrogens is 282 g/mol. The van der Waals surface area contributed by atoms with E-state index in [9.17, 15) is 14.7 Å². The van der Waals surface area contributed by atoms with Crippen molar-refractivity contribution in [2.75, 3.05) is 6.54 Å². The van der Waals surface area contributed by atoms with E-state index in [0.29, 0.717) is 25.2 Å². The first-order valence-corrected chi connectivity index (χ1v) is 7.53. The lowest BCUT2D eigenvalue weighted by molar-refractivity contribution is -0.462. The van der Waals surface area contributed by atoms with Crippen LogP contribution in [0.3, 0.4) is 0 Å². The second-order valence-electron chi connectivity index (χ2n) is 5.42. The fraction of sp³-hybridized carbons (Fsp3) is 0.438. The first kappa shape index (κ1) is 16.0. The van der Waals surface area contributed by atoms with Crippen molar-refractivity contribution < 1.29 is 19.7 Å². The molecule has 0 bridgehead atoms. The quantitative estimate of drug-likeness (QED) is 0.620. The van der Waals surface area contributed by atoms with Crippen LogP contribution in [0.25, 0.3) is 0 Å². The van der Waals surface area contributed by atoms with Gasteiger partial charge >= 0.3 is 6.03 Å². The van der Waals surface area contributed by atoms with Crippen molar-refractivity contribution in [1.82, 2.24) is 10.6 Å². The predicted molar refractivity (Wildman–Crippen MR) is 82.3 cm³/mol. The molecule has 0 aromatic heterocycles. The molecular formula is C16H22N3O3+. The molecule has 1 aliphatic rings. The number of hydrogen-bond acceptors (Lipinski definition) is 3. The van der Waals surface area contributed by atoms with Gasteiger partial charge in [-0.2, -0.15) is 5.32 Å². The lowest BCUT2D eigenvalue weighted by Gasteiger charge is -2.30. The summed E-state index contributed by atoms with van der Waals surface area (Å²) >= 11 is 0. The van der Waals surface area contributed by atoms with Gasteiger partial charge in [-0.05, 0) is 30.5 Å². The summed E-state index contributed by atoms with van der Waals surface area (Å²) in [5, 5.41) is 14.3. The Bertz CT molecular complexity index is 589. The zero-order valence-electron chi connectivity index (χ0n) is 12.9. The molecule has 3 amide bonds. The minimum Gasteiger partial charge on any atom is -0.508 e. The van der Waals surface area contributed by atoms with Crippen LogP contribution < -0.4 is 15.6 Å². The number of phenolic OH excluding ortho intramolecular Hbond substituents is 1. The van der Waals surface area contributed by atoms with Gasteiger partial charge in [0.15, 0.2) is 0 Å². The number of imide groups is 1. The van der Waals surface area contributed by atoms with Crippen molar-refractivity contribution >= 4 is 17.8 Å². The van der Waals surface area contributed by atoms with Gasteiger partial charge in [0.25, 0.3) is 5.84 Å². The number of amides is 3. The minimum atomic E-state index is -0.705. The van der Waals surface area contributed by atoms with Crippen LogP contribution >= 0.6 is 0 Å². The minimum absolute atomic E-state index is 0.235. The fourth-order valence-electron chi connectivity index (χ4n) is 2.73. The first-order valence-electron chi connectivity index (χ1n) is 7.53. The molecule has 0 atom stereocenters. The van der Waals surface area contributed by atoms with Crippen LogP contribution in [0, 0.1) is 5.41 Å². The summed E-state index contributed by atoms with van der Waals surface area (Å²) in [6.07, 6.45) is 1.94. The Morgan fingerprint density at radius 3 is 2.32 bits per heavy atom. The van der Waals surface area contributed by atoms with E-state index in [1.807, 2.05) is 26.0 Å². The molecule has 6 heteroatoms. The number of aromatic hydroxyl groups is 1. The van der Waals surface area contributed by atoms with E-state index < -0.39 is 11.4 Å². The summed E-state index contributed by atoms with van der Waals surface area (Å²) in [5.41, 5.74) is 0.360. The Hall–Kier alpha value is -2.37. The number of urea groups is 1. The van der Waals surface area contributed by atoms with Crippen LogP contribution in [0.2, 0.25) is 0 Å². The molecule has 4 N–H and O–H groups in total. The van der Waals surface area contributed by atoms with Gasteiger partial charge in [0.05, 0.1) is 6.54 Å². The van der Waals surface area contributed by atoms with Crippen molar-refractivity contribution in [3.05, 3.63) is 29.8 Å². The Morgan fingerprint density at radius 1 is 1.09 bits per heavy atom. The molecule has 6 nitrogen and oxygen atoms in total. The summed E-state index contributed by atoms with van der Waals surface area (Å²) in [4.78, 5) is 27.0.